The number of nitrogens with zero attached hydrogens (tertiary/aromatic N) is 1. The van der Waals surface area contributed by atoms with Gasteiger partial charge < -0.3 is 25.4 Å². The van der Waals surface area contributed by atoms with Gasteiger partial charge in [-0.05, 0) is 64.3 Å². The molecule has 3 amide bonds. The van der Waals surface area contributed by atoms with Crippen molar-refractivity contribution in [1.29, 1.82) is 0 Å². The van der Waals surface area contributed by atoms with Crippen molar-refractivity contribution in [3.05, 3.63) is 65.7 Å². The van der Waals surface area contributed by atoms with E-state index in [1.54, 1.807) is 32.9 Å². The standard InChI is InChI=1S/C27H37N3O5/c1-7-27(5,6)30(22(32)18-29-25(34)35-26(2,3)4)23(20-13-15-21(31)16-14-20)24(33)28-17-19-11-9-8-10-12-19/h8-16,23,31H,7,17-18H2,1-6H3,(H,28,33)(H,29,34). The van der Waals surface area contributed by atoms with Gasteiger partial charge in [0.2, 0.25) is 11.8 Å². The smallest absolute Gasteiger partial charge is 0.408 e. The van der Waals surface area contributed by atoms with Crippen LogP contribution in [0.15, 0.2) is 54.6 Å². The molecule has 0 heterocycles. The van der Waals surface area contributed by atoms with Crippen LogP contribution in [0.5, 0.6) is 5.75 Å². The maximum Gasteiger partial charge on any atom is 0.408 e. The first-order chi connectivity index (χ1) is 16.3. The number of amides is 3. The van der Waals surface area contributed by atoms with Crippen LogP contribution in [0.25, 0.3) is 0 Å². The highest BCUT2D eigenvalue weighted by molar-refractivity contribution is 5.91. The zero-order valence-corrected chi connectivity index (χ0v) is 21.4. The summed E-state index contributed by atoms with van der Waals surface area (Å²) >= 11 is 0. The van der Waals surface area contributed by atoms with Crippen LogP contribution in [0.2, 0.25) is 0 Å². The number of carbonyl (C=O) groups excluding carboxylic acids is 3. The van der Waals surface area contributed by atoms with E-state index < -0.39 is 29.2 Å². The summed E-state index contributed by atoms with van der Waals surface area (Å²) in [7, 11) is 0. The van der Waals surface area contributed by atoms with Gasteiger partial charge in [-0.3, -0.25) is 9.59 Å². The minimum absolute atomic E-state index is 0.0522. The van der Waals surface area contributed by atoms with Gasteiger partial charge in [0.1, 0.15) is 23.9 Å². The highest BCUT2D eigenvalue weighted by Gasteiger charge is 2.40. The Morgan fingerprint density at radius 3 is 2.09 bits per heavy atom. The van der Waals surface area contributed by atoms with E-state index in [0.717, 1.165) is 5.56 Å². The Morgan fingerprint density at radius 2 is 1.54 bits per heavy atom. The van der Waals surface area contributed by atoms with Crippen LogP contribution in [0.4, 0.5) is 4.79 Å². The van der Waals surface area contributed by atoms with Gasteiger partial charge in [-0.25, -0.2) is 4.79 Å². The summed E-state index contributed by atoms with van der Waals surface area (Å²) in [5.74, 6) is -0.751. The molecule has 35 heavy (non-hydrogen) atoms. The van der Waals surface area contributed by atoms with E-state index in [9.17, 15) is 19.5 Å². The number of rotatable bonds is 9. The molecule has 1 unspecified atom stereocenters. The highest BCUT2D eigenvalue weighted by atomic mass is 16.6. The number of alkyl carbamates (subject to hydrolysis) is 1. The number of phenols is 1. The zero-order valence-electron chi connectivity index (χ0n) is 21.4. The molecule has 2 aromatic carbocycles. The van der Waals surface area contributed by atoms with E-state index in [2.05, 4.69) is 10.6 Å². The molecular formula is C27H37N3O5. The molecular weight excluding hydrogens is 446 g/mol. The molecule has 8 heteroatoms. The molecule has 8 nitrogen and oxygen atoms in total. The normalized spacial score (nSPS) is 12.4. The van der Waals surface area contributed by atoms with E-state index in [0.29, 0.717) is 18.5 Å². The number of benzene rings is 2. The van der Waals surface area contributed by atoms with E-state index in [1.807, 2.05) is 51.1 Å². The largest absolute Gasteiger partial charge is 0.508 e. The Balaban J connectivity index is 2.37. The fraction of sp³-hybridized carbons (Fsp3) is 0.444. The second-order valence-corrected chi connectivity index (χ2v) is 9.98. The lowest BCUT2D eigenvalue weighted by molar-refractivity contribution is -0.146. The number of hydrogen-bond acceptors (Lipinski definition) is 5. The van der Waals surface area contributed by atoms with Crippen LogP contribution in [-0.2, 0) is 20.9 Å². The lowest BCUT2D eigenvalue weighted by Crippen LogP contribution is -2.56. The molecule has 2 rings (SSSR count). The van der Waals surface area contributed by atoms with Gasteiger partial charge in [-0.1, -0.05) is 49.4 Å². The molecule has 0 aliphatic carbocycles. The molecule has 2 aromatic rings. The van der Waals surface area contributed by atoms with Crippen molar-refractivity contribution in [2.75, 3.05) is 6.54 Å². The average Bonchev–Trinajstić information content (AvgIpc) is 2.79. The summed E-state index contributed by atoms with van der Waals surface area (Å²) in [6.07, 6.45) is -0.152. The van der Waals surface area contributed by atoms with E-state index >= 15 is 0 Å². The highest BCUT2D eigenvalue weighted by Crippen LogP contribution is 2.32. The predicted molar refractivity (Wildman–Crippen MR) is 135 cm³/mol. The van der Waals surface area contributed by atoms with E-state index in [-0.39, 0.29) is 18.2 Å². The van der Waals surface area contributed by atoms with Gasteiger partial charge in [-0.15, -0.1) is 0 Å². The number of carbonyl (C=O) groups is 3. The Morgan fingerprint density at radius 1 is 0.943 bits per heavy atom. The molecule has 0 bridgehead atoms. The Bertz CT molecular complexity index is 998. The first-order valence-corrected chi connectivity index (χ1v) is 11.7. The van der Waals surface area contributed by atoms with Gasteiger partial charge in [0.05, 0.1) is 0 Å². The van der Waals surface area contributed by atoms with E-state index in [1.165, 1.54) is 17.0 Å². The van der Waals surface area contributed by atoms with E-state index in [4.69, 9.17) is 4.74 Å². The lowest BCUT2D eigenvalue weighted by atomic mass is 9.93. The van der Waals surface area contributed by atoms with Crippen LogP contribution in [0.1, 0.15) is 65.1 Å². The molecule has 0 saturated carbocycles. The minimum atomic E-state index is -0.984. The maximum absolute atomic E-state index is 13.6. The van der Waals surface area contributed by atoms with Crippen LogP contribution >= 0.6 is 0 Å². The molecule has 3 N–H and O–H groups in total. The Kier molecular flexibility index (Phi) is 9.28. The van der Waals surface area contributed by atoms with Gasteiger partial charge >= 0.3 is 6.09 Å². The lowest BCUT2D eigenvalue weighted by Gasteiger charge is -2.43. The SMILES string of the molecule is CCC(C)(C)N(C(=O)CNC(=O)OC(C)(C)C)C(C(=O)NCc1ccccc1)c1ccc(O)cc1. The summed E-state index contributed by atoms with van der Waals surface area (Å²) in [5, 5.41) is 15.2. The Hall–Kier alpha value is -3.55. The topological polar surface area (TPSA) is 108 Å². The summed E-state index contributed by atoms with van der Waals surface area (Å²) < 4.78 is 5.25. The molecule has 1 atom stereocenters. The molecule has 0 aliphatic heterocycles. The second kappa shape index (κ2) is 11.7. The van der Waals surface area contributed by atoms with Gasteiger partial charge in [0.25, 0.3) is 0 Å². The summed E-state index contributed by atoms with van der Waals surface area (Å²) in [4.78, 5) is 40.7. The number of ether oxygens (including phenoxy) is 1. The molecule has 0 fully saturated rings. The third kappa shape index (κ3) is 8.31. The van der Waals surface area contributed by atoms with Crippen molar-refractivity contribution in [3.8, 4) is 5.75 Å². The van der Waals surface area contributed by atoms with Crippen molar-refractivity contribution in [2.45, 2.75) is 71.7 Å². The predicted octanol–water partition coefficient (Wildman–Crippen LogP) is 4.29. The maximum atomic E-state index is 13.6. The van der Waals surface area contributed by atoms with Crippen LogP contribution in [0.3, 0.4) is 0 Å². The van der Waals surface area contributed by atoms with Crippen molar-refractivity contribution in [1.82, 2.24) is 15.5 Å². The van der Waals surface area contributed by atoms with Crippen molar-refractivity contribution in [3.63, 3.8) is 0 Å². The van der Waals surface area contributed by atoms with Crippen LogP contribution in [-0.4, -0.2) is 45.6 Å². The molecule has 0 radical (unpaired) electrons. The number of phenolic OH excluding ortho intramolecular Hbond substituents is 1. The third-order valence-electron chi connectivity index (χ3n) is 5.59. The first kappa shape index (κ1) is 27.7. The Labute approximate surface area is 207 Å². The zero-order chi connectivity index (χ0) is 26.2. The molecule has 0 aliphatic rings. The van der Waals surface area contributed by atoms with Gasteiger partial charge in [0, 0.05) is 12.1 Å². The molecule has 0 aromatic heterocycles. The minimum Gasteiger partial charge on any atom is -0.508 e. The third-order valence-corrected chi connectivity index (χ3v) is 5.59. The quantitative estimate of drug-likeness (QED) is 0.493. The average molecular weight is 484 g/mol. The summed E-state index contributed by atoms with van der Waals surface area (Å²) in [5.41, 5.74) is 0.0332. The monoisotopic (exact) mass is 483 g/mol. The number of hydrogen-bond donors (Lipinski definition) is 3. The molecule has 0 saturated heterocycles. The number of aromatic hydroxyl groups is 1. The fourth-order valence-corrected chi connectivity index (χ4v) is 3.50. The number of nitrogens with one attached hydrogen (secondary N) is 2. The summed E-state index contributed by atoms with van der Waals surface area (Å²) in [6.45, 7) is 10.8. The molecule has 190 valence electrons. The second-order valence-electron chi connectivity index (χ2n) is 9.98. The van der Waals surface area contributed by atoms with Gasteiger partial charge in [0.15, 0.2) is 0 Å². The summed E-state index contributed by atoms with van der Waals surface area (Å²) in [6, 6.07) is 14.7. The van der Waals surface area contributed by atoms with Crippen LogP contribution in [0, 0.1) is 0 Å². The van der Waals surface area contributed by atoms with Crippen LogP contribution < -0.4 is 10.6 Å². The first-order valence-electron chi connectivity index (χ1n) is 11.7. The van der Waals surface area contributed by atoms with Crippen molar-refractivity contribution >= 4 is 17.9 Å². The van der Waals surface area contributed by atoms with Gasteiger partial charge in [-0.2, -0.15) is 0 Å². The van der Waals surface area contributed by atoms with Crippen molar-refractivity contribution < 1.29 is 24.2 Å². The van der Waals surface area contributed by atoms with Crippen molar-refractivity contribution in [2.24, 2.45) is 0 Å². The molecule has 0 spiro atoms. The fourth-order valence-electron chi connectivity index (χ4n) is 3.50.